The molecule has 0 saturated heterocycles. The van der Waals surface area contributed by atoms with E-state index in [4.69, 9.17) is 9.47 Å². The average molecular weight is 388 g/mol. The van der Waals surface area contributed by atoms with Gasteiger partial charge in [-0.1, -0.05) is 18.2 Å². The van der Waals surface area contributed by atoms with E-state index in [1.54, 1.807) is 33.3 Å². The predicted octanol–water partition coefficient (Wildman–Crippen LogP) is 1.70. The Hall–Kier alpha value is -3.13. The first-order chi connectivity index (χ1) is 13.4. The molecule has 1 amide bonds. The maximum Gasteiger partial charge on any atom is 0.292 e. The molecule has 2 aromatic rings. The third kappa shape index (κ3) is 5.20. The second-order valence-corrected chi connectivity index (χ2v) is 6.52. The number of carbonyl (C=O) groups excluding carboxylic acids is 1. The number of nitrogens with one attached hydrogen (secondary N) is 2. The van der Waals surface area contributed by atoms with Gasteiger partial charge in [0.2, 0.25) is 0 Å². The maximum atomic E-state index is 12.5. The molecule has 0 saturated carbocycles. The summed E-state index contributed by atoms with van der Waals surface area (Å²) < 4.78 is 10.6. The number of quaternary nitrogens is 1. The van der Waals surface area contributed by atoms with E-state index in [1.807, 2.05) is 25.2 Å². The number of nitro benzene ring substituents is 1. The van der Waals surface area contributed by atoms with Crippen LogP contribution in [0.3, 0.4) is 0 Å². The number of likely N-dealkylation sites (N-methyl/N-ethyl adjacent to an activating group) is 1. The third-order valence-electron chi connectivity index (χ3n) is 4.75. The highest BCUT2D eigenvalue weighted by Crippen LogP contribution is 2.27. The number of hydrogen-bond acceptors (Lipinski definition) is 5. The van der Waals surface area contributed by atoms with Crippen LogP contribution in [-0.2, 0) is 11.2 Å². The van der Waals surface area contributed by atoms with Crippen molar-refractivity contribution in [1.82, 2.24) is 0 Å². The molecule has 8 heteroatoms. The quantitative estimate of drug-likeness (QED) is 0.504. The van der Waals surface area contributed by atoms with Crippen LogP contribution in [0, 0.1) is 10.1 Å². The number of ether oxygens (including phenoxy) is 2. The van der Waals surface area contributed by atoms with Crippen molar-refractivity contribution >= 4 is 17.3 Å². The average Bonchev–Trinajstić information content (AvgIpc) is 2.71. The lowest BCUT2D eigenvalue weighted by molar-refractivity contribution is -0.893. The lowest BCUT2D eigenvalue weighted by atomic mass is 10.1. The van der Waals surface area contributed by atoms with Crippen LogP contribution in [0.25, 0.3) is 0 Å². The van der Waals surface area contributed by atoms with Crippen molar-refractivity contribution in [2.24, 2.45) is 0 Å². The number of carbonyl (C=O) groups is 1. The fourth-order valence-corrected chi connectivity index (χ4v) is 2.80. The summed E-state index contributed by atoms with van der Waals surface area (Å²) in [7, 11) is 5.10. The van der Waals surface area contributed by atoms with Crippen molar-refractivity contribution in [2.75, 3.05) is 33.1 Å². The minimum Gasteiger partial charge on any atom is -0.493 e. The Morgan fingerprint density at radius 2 is 1.86 bits per heavy atom. The number of benzene rings is 2. The topological polar surface area (TPSA) is 95.1 Å². The van der Waals surface area contributed by atoms with Gasteiger partial charge >= 0.3 is 0 Å². The van der Waals surface area contributed by atoms with Crippen LogP contribution in [-0.4, -0.2) is 44.7 Å². The molecule has 0 aromatic heterocycles. The van der Waals surface area contributed by atoms with Crippen LogP contribution in [0.4, 0.5) is 11.4 Å². The molecule has 8 nitrogen and oxygen atoms in total. The minimum atomic E-state index is -0.506. The molecule has 0 heterocycles. The molecule has 2 rings (SSSR count). The van der Waals surface area contributed by atoms with Gasteiger partial charge in [0.05, 0.1) is 32.7 Å². The zero-order chi connectivity index (χ0) is 20.7. The molecule has 1 unspecified atom stereocenters. The number of hydrogen-bond donors (Lipinski definition) is 2. The Kier molecular flexibility index (Phi) is 7.34. The number of anilines is 1. The predicted molar refractivity (Wildman–Crippen MR) is 106 cm³/mol. The van der Waals surface area contributed by atoms with Gasteiger partial charge in [0, 0.05) is 12.5 Å². The summed E-state index contributed by atoms with van der Waals surface area (Å²) in [5.74, 6) is 1.07. The molecule has 2 aromatic carbocycles. The molecule has 0 radical (unpaired) electrons. The van der Waals surface area contributed by atoms with Gasteiger partial charge in [-0.3, -0.25) is 14.9 Å². The molecule has 2 atom stereocenters. The maximum absolute atomic E-state index is 12.5. The smallest absolute Gasteiger partial charge is 0.292 e. The number of rotatable bonds is 9. The third-order valence-corrected chi connectivity index (χ3v) is 4.75. The minimum absolute atomic E-state index is 0.119. The second kappa shape index (κ2) is 9.70. The van der Waals surface area contributed by atoms with Crippen molar-refractivity contribution < 1.29 is 24.1 Å². The van der Waals surface area contributed by atoms with Crippen molar-refractivity contribution in [3.63, 3.8) is 0 Å². The van der Waals surface area contributed by atoms with Gasteiger partial charge in [-0.05, 0) is 30.7 Å². The van der Waals surface area contributed by atoms with Gasteiger partial charge in [0.25, 0.3) is 11.6 Å². The number of para-hydroxylation sites is 2. The summed E-state index contributed by atoms with van der Waals surface area (Å²) in [5, 5.41) is 13.8. The van der Waals surface area contributed by atoms with Crippen molar-refractivity contribution in [3.05, 3.63) is 58.1 Å². The Morgan fingerprint density at radius 3 is 2.50 bits per heavy atom. The van der Waals surface area contributed by atoms with Gasteiger partial charge in [-0.25, -0.2) is 0 Å². The number of methoxy groups -OCH3 is 2. The number of nitrogens with zero attached hydrogens (tertiary/aromatic N) is 1. The van der Waals surface area contributed by atoms with E-state index in [1.165, 1.54) is 12.1 Å². The van der Waals surface area contributed by atoms with Crippen LogP contribution in [0.15, 0.2) is 42.5 Å². The van der Waals surface area contributed by atoms with Crippen LogP contribution >= 0.6 is 0 Å². The number of amides is 1. The van der Waals surface area contributed by atoms with Gasteiger partial charge in [-0.2, -0.15) is 0 Å². The van der Waals surface area contributed by atoms with Crippen LogP contribution in [0.1, 0.15) is 12.5 Å². The molecule has 0 aliphatic heterocycles. The van der Waals surface area contributed by atoms with Crippen molar-refractivity contribution in [2.45, 2.75) is 19.4 Å². The SMILES string of the molecule is COc1ccc(CC[NH+](C)[C@H](C)C(=O)Nc2ccccc2[N+](=O)[O-])cc1OC. The van der Waals surface area contributed by atoms with Crippen molar-refractivity contribution in [1.29, 1.82) is 0 Å². The van der Waals surface area contributed by atoms with Gasteiger partial charge in [0.15, 0.2) is 17.5 Å². The Balaban J connectivity index is 1.98. The molecule has 0 aliphatic rings. The Morgan fingerprint density at radius 1 is 1.18 bits per heavy atom. The fourth-order valence-electron chi connectivity index (χ4n) is 2.80. The monoisotopic (exact) mass is 388 g/mol. The first-order valence-corrected chi connectivity index (χ1v) is 8.94. The highest BCUT2D eigenvalue weighted by atomic mass is 16.6. The van der Waals surface area contributed by atoms with E-state index in [0.29, 0.717) is 18.0 Å². The molecule has 2 N–H and O–H groups in total. The van der Waals surface area contributed by atoms with E-state index in [2.05, 4.69) is 5.32 Å². The summed E-state index contributed by atoms with van der Waals surface area (Å²) in [4.78, 5) is 24.1. The summed E-state index contributed by atoms with van der Waals surface area (Å²) in [6.45, 7) is 2.51. The van der Waals surface area contributed by atoms with E-state index >= 15 is 0 Å². The first kappa shape index (κ1) is 21.2. The largest absolute Gasteiger partial charge is 0.493 e. The highest BCUT2D eigenvalue weighted by Gasteiger charge is 2.24. The normalized spacial score (nSPS) is 12.7. The second-order valence-electron chi connectivity index (χ2n) is 6.52. The van der Waals surface area contributed by atoms with Crippen LogP contribution in [0.2, 0.25) is 0 Å². The molecule has 0 spiro atoms. The summed E-state index contributed by atoms with van der Waals surface area (Å²) in [5.41, 5.74) is 1.16. The van der Waals surface area contributed by atoms with E-state index in [9.17, 15) is 14.9 Å². The zero-order valence-electron chi connectivity index (χ0n) is 16.5. The van der Waals surface area contributed by atoms with Crippen molar-refractivity contribution in [3.8, 4) is 11.5 Å². The molecule has 28 heavy (non-hydrogen) atoms. The van der Waals surface area contributed by atoms with Crippen LogP contribution < -0.4 is 19.7 Å². The first-order valence-electron chi connectivity index (χ1n) is 8.94. The summed E-state index contributed by atoms with van der Waals surface area (Å²) >= 11 is 0. The van der Waals surface area contributed by atoms with Gasteiger partial charge in [0.1, 0.15) is 5.69 Å². The van der Waals surface area contributed by atoms with Gasteiger partial charge < -0.3 is 19.7 Å². The van der Waals surface area contributed by atoms with E-state index in [0.717, 1.165) is 16.9 Å². The molecule has 0 aliphatic carbocycles. The zero-order valence-corrected chi connectivity index (χ0v) is 16.5. The fraction of sp³-hybridized carbons (Fsp3) is 0.350. The van der Waals surface area contributed by atoms with Gasteiger partial charge in [-0.15, -0.1) is 0 Å². The summed E-state index contributed by atoms with van der Waals surface area (Å²) in [6, 6.07) is 11.5. The molecule has 0 bridgehead atoms. The Labute approximate surface area is 164 Å². The van der Waals surface area contributed by atoms with E-state index in [-0.39, 0.29) is 23.3 Å². The lowest BCUT2D eigenvalue weighted by Crippen LogP contribution is -3.14. The standard InChI is InChI=1S/C20H25N3O5/c1-14(20(24)21-16-7-5-6-8-17(16)23(25)26)22(2)12-11-15-9-10-18(27-3)19(13-15)28-4/h5-10,13-14H,11-12H2,1-4H3,(H,21,24)/p+1/t14-/m1/s1. The molecular formula is C20H26N3O5+. The Bertz CT molecular complexity index is 840. The molecule has 150 valence electrons. The lowest BCUT2D eigenvalue weighted by Gasteiger charge is -2.21. The molecule has 0 fully saturated rings. The highest BCUT2D eigenvalue weighted by molar-refractivity contribution is 5.95. The molecular weight excluding hydrogens is 362 g/mol. The number of nitro groups is 1. The van der Waals surface area contributed by atoms with Crippen LogP contribution in [0.5, 0.6) is 11.5 Å². The summed E-state index contributed by atoms with van der Waals surface area (Å²) in [6.07, 6.45) is 0.745. The van der Waals surface area contributed by atoms with E-state index < -0.39 is 4.92 Å².